The predicted octanol–water partition coefficient (Wildman–Crippen LogP) is 5.53. The van der Waals surface area contributed by atoms with Gasteiger partial charge in [-0.15, -0.1) is 11.3 Å². The van der Waals surface area contributed by atoms with E-state index in [0.717, 1.165) is 26.4 Å². The largest absolute Gasteiger partial charge is 0.339 e. The van der Waals surface area contributed by atoms with Crippen molar-refractivity contribution in [3.8, 4) is 10.4 Å². The number of aryl methyl sites for hydroxylation is 1. The Balaban J connectivity index is 1.33. The Labute approximate surface area is 244 Å². The fraction of sp³-hybridized carbons (Fsp3) is 0.200. The highest BCUT2D eigenvalue weighted by atomic mass is 32.2. The van der Waals surface area contributed by atoms with Crippen molar-refractivity contribution in [3.05, 3.63) is 123 Å². The van der Waals surface area contributed by atoms with Crippen LogP contribution in [0, 0.1) is 11.6 Å². The number of likely N-dealkylation sites (N-methyl/N-ethyl adjacent to an activating group) is 1. The molecular weight excluding hydrogens is 564 g/mol. The average molecular weight is 592 g/mol. The van der Waals surface area contributed by atoms with Crippen molar-refractivity contribution in [1.82, 2.24) is 24.2 Å². The third-order valence-corrected chi connectivity index (χ3v) is 8.56. The van der Waals surface area contributed by atoms with Gasteiger partial charge in [-0.2, -0.15) is 10.1 Å². The highest BCUT2D eigenvalue weighted by Crippen LogP contribution is 2.29. The monoisotopic (exact) mass is 591 g/mol. The van der Waals surface area contributed by atoms with Crippen LogP contribution < -0.4 is 5.56 Å². The lowest BCUT2D eigenvalue weighted by Gasteiger charge is -2.19. The number of rotatable bonds is 10. The molecule has 0 N–H and O–H groups in total. The van der Waals surface area contributed by atoms with Gasteiger partial charge in [0.25, 0.3) is 5.56 Å². The number of amides is 1. The molecule has 0 saturated heterocycles. The summed E-state index contributed by atoms with van der Waals surface area (Å²) in [5.41, 5.74) is 2.75. The number of carbonyl (C=O) groups excluding carboxylic acids is 1. The van der Waals surface area contributed by atoms with E-state index >= 15 is 0 Å². The lowest BCUT2D eigenvalue weighted by Crippen LogP contribution is -2.31. The van der Waals surface area contributed by atoms with Crippen LogP contribution in [0.5, 0.6) is 0 Å². The minimum atomic E-state index is -0.362. The molecule has 3 aromatic heterocycles. The SMILES string of the molecule is CN(Cc1ccc(-c2ccc(F)cc2)s1)C(=O)Cn1cc(Cc2cnn(C)c2)c(=O)nc1SCc1ccc(F)cc1. The van der Waals surface area contributed by atoms with Gasteiger partial charge in [-0.05, 0) is 53.1 Å². The zero-order valence-corrected chi connectivity index (χ0v) is 24.1. The zero-order valence-electron chi connectivity index (χ0n) is 22.5. The van der Waals surface area contributed by atoms with Crippen LogP contribution in [-0.2, 0) is 37.1 Å². The van der Waals surface area contributed by atoms with Gasteiger partial charge < -0.3 is 9.47 Å². The number of thioether (sulfide) groups is 1. The molecule has 0 aliphatic carbocycles. The lowest BCUT2D eigenvalue weighted by atomic mass is 10.1. The second kappa shape index (κ2) is 12.6. The molecule has 7 nitrogen and oxygen atoms in total. The minimum absolute atomic E-state index is 0.00817. The van der Waals surface area contributed by atoms with Crippen molar-refractivity contribution >= 4 is 29.0 Å². The summed E-state index contributed by atoms with van der Waals surface area (Å²) in [4.78, 5) is 34.2. The second-order valence-corrected chi connectivity index (χ2v) is 11.7. The summed E-state index contributed by atoms with van der Waals surface area (Å²) in [6, 6.07) is 16.4. The number of carbonyl (C=O) groups is 1. The highest BCUT2D eigenvalue weighted by Gasteiger charge is 2.17. The van der Waals surface area contributed by atoms with Crippen LogP contribution in [0.25, 0.3) is 10.4 Å². The number of hydrogen-bond acceptors (Lipinski definition) is 6. The summed E-state index contributed by atoms with van der Waals surface area (Å²) >= 11 is 2.86. The van der Waals surface area contributed by atoms with E-state index in [1.165, 1.54) is 36.0 Å². The number of aromatic nitrogens is 4. The fourth-order valence-corrected chi connectivity index (χ4v) is 6.19. The second-order valence-electron chi connectivity index (χ2n) is 9.62. The minimum Gasteiger partial charge on any atom is -0.339 e. The van der Waals surface area contributed by atoms with Crippen LogP contribution >= 0.6 is 23.1 Å². The zero-order chi connectivity index (χ0) is 28.9. The van der Waals surface area contributed by atoms with E-state index in [1.807, 2.05) is 18.3 Å². The van der Waals surface area contributed by atoms with Crippen LogP contribution in [0.4, 0.5) is 8.78 Å². The highest BCUT2D eigenvalue weighted by molar-refractivity contribution is 7.98. The third kappa shape index (κ3) is 7.36. The van der Waals surface area contributed by atoms with E-state index in [1.54, 1.807) is 76.2 Å². The summed E-state index contributed by atoms with van der Waals surface area (Å²) in [6.07, 6.45) is 5.56. The molecule has 0 saturated carbocycles. The molecule has 2 aromatic carbocycles. The van der Waals surface area contributed by atoms with Crippen molar-refractivity contribution in [2.45, 2.75) is 30.4 Å². The Hall–Kier alpha value is -4.09. The van der Waals surface area contributed by atoms with Gasteiger partial charge in [0.15, 0.2) is 5.16 Å². The van der Waals surface area contributed by atoms with Crippen molar-refractivity contribution in [3.63, 3.8) is 0 Å². The molecule has 0 aliphatic heterocycles. The number of nitrogens with zero attached hydrogens (tertiary/aromatic N) is 5. The van der Waals surface area contributed by atoms with Gasteiger partial charge in [0.1, 0.15) is 18.2 Å². The van der Waals surface area contributed by atoms with E-state index in [9.17, 15) is 18.4 Å². The summed E-state index contributed by atoms with van der Waals surface area (Å²) in [6.45, 7) is 0.394. The molecular formula is C30H27F2N5O2S2. The van der Waals surface area contributed by atoms with E-state index < -0.39 is 0 Å². The van der Waals surface area contributed by atoms with Crippen LogP contribution in [0.2, 0.25) is 0 Å². The Morgan fingerprint density at radius 2 is 1.68 bits per heavy atom. The van der Waals surface area contributed by atoms with Gasteiger partial charge >= 0.3 is 0 Å². The van der Waals surface area contributed by atoms with Gasteiger partial charge in [-0.1, -0.05) is 36.0 Å². The smallest absolute Gasteiger partial charge is 0.277 e. The topological polar surface area (TPSA) is 73.0 Å². The molecule has 0 unspecified atom stereocenters. The fourth-order valence-electron chi connectivity index (χ4n) is 4.20. The summed E-state index contributed by atoms with van der Waals surface area (Å²) in [5, 5.41) is 4.58. The van der Waals surface area contributed by atoms with Gasteiger partial charge in [0, 0.05) is 54.0 Å². The Morgan fingerprint density at radius 3 is 2.37 bits per heavy atom. The van der Waals surface area contributed by atoms with Crippen molar-refractivity contribution in [2.75, 3.05) is 7.05 Å². The van der Waals surface area contributed by atoms with Gasteiger partial charge in [-0.3, -0.25) is 14.3 Å². The molecule has 0 aliphatic rings. The normalized spacial score (nSPS) is 11.1. The lowest BCUT2D eigenvalue weighted by molar-refractivity contribution is -0.131. The molecule has 0 bridgehead atoms. The molecule has 41 heavy (non-hydrogen) atoms. The molecule has 0 radical (unpaired) electrons. The molecule has 5 rings (SSSR count). The Morgan fingerprint density at radius 1 is 0.976 bits per heavy atom. The van der Waals surface area contributed by atoms with Crippen molar-refractivity contribution in [1.29, 1.82) is 0 Å². The Bertz CT molecular complexity index is 1710. The van der Waals surface area contributed by atoms with Gasteiger partial charge in [0.05, 0.1) is 12.7 Å². The van der Waals surface area contributed by atoms with E-state index in [0.29, 0.717) is 29.4 Å². The summed E-state index contributed by atoms with van der Waals surface area (Å²) in [7, 11) is 3.54. The maximum Gasteiger partial charge on any atom is 0.277 e. The van der Waals surface area contributed by atoms with Gasteiger partial charge in [0.2, 0.25) is 5.91 Å². The maximum absolute atomic E-state index is 13.4. The Kier molecular flexibility index (Phi) is 8.75. The van der Waals surface area contributed by atoms with Crippen molar-refractivity contribution < 1.29 is 13.6 Å². The first-order valence-electron chi connectivity index (χ1n) is 12.8. The van der Waals surface area contributed by atoms with Crippen LogP contribution in [0.15, 0.2) is 89.2 Å². The molecule has 3 heterocycles. The van der Waals surface area contributed by atoms with Crippen LogP contribution in [-0.4, -0.2) is 37.2 Å². The average Bonchev–Trinajstić information content (AvgIpc) is 3.59. The third-order valence-electron chi connectivity index (χ3n) is 6.38. The van der Waals surface area contributed by atoms with Crippen molar-refractivity contribution in [2.24, 2.45) is 7.05 Å². The molecule has 5 aromatic rings. The first-order chi connectivity index (χ1) is 19.7. The summed E-state index contributed by atoms with van der Waals surface area (Å²) < 4.78 is 30.0. The van der Waals surface area contributed by atoms with Crippen LogP contribution in [0.1, 0.15) is 21.6 Å². The molecule has 0 atom stereocenters. The first-order valence-corrected chi connectivity index (χ1v) is 14.6. The molecule has 0 spiro atoms. The van der Waals surface area contributed by atoms with Crippen LogP contribution in [0.3, 0.4) is 0 Å². The number of thiophene rings is 1. The standard InChI is InChI=1S/C30H27F2N5O2S2/c1-35(17-26-11-12-27(41-26)22-5-9-25(32)10-6-22)28(38)18-37-16-23(13-21-14-33-36(2)15-21)29(39)34-30(37)40-19-20-3-7-24(31)8-4-20/h3-12,14-16H,13,17-19H2,1-2H3. The van der Waals surface area contributed by atoms with Gasteiger partial charge in [-0.25, -0.2) is 8.78 Å². The quantitative estimate of drug-likeness (QED) is 0.158. The maximum atomic E-state index is 13.4. The van der Waals surface area contributed by atoms with E-state index in [4.69, 9.17) is 0 Å². The molecule has 11 heteroatoms. The van der Waals surface area contributed by atoms with E-state index in [2.05, 4.69) is 10.1 Å². The number of halogens is 2. The first kappa shape index (κ1) is 28.4. The predicted molar refractivity (Wildman–Crippen MR) is 157 cm³/mol. The molecule has 0 fully saturated rings. The number of hydrogen-bond donors (Lipinski definition) is 0. The molecule has 1 amide bonds. The number of benzene rings is 2. The summed E-state index contributed by atoms with van der Waals surface area (Å²) in [5.74, 6) is -0.299. The van der Waals surface area contributed by atoms with E-state index in [-0.39, 0.29) is 29.6 Å². The molecule has 210 valence electrons.